The van der Waals surface area contributed by atoms with Crippen molar-refractivity contribution in [1.82, 2.24) is 10.0 Å². The van der Waals surface area contributed by atoms with Crippen molar-refractivity contribution in [3.05, 3.63) is 59.1 Å². The molecule has 0 saturated heterocycles. The van der Waals surface area contributed by atoms with Crippen molar-refractivity contribution in [3.63, 3.8) is 0 Å². The first-order valence-corrected chi connectivity index (χ1v) is 8.04. The molecule has 0 radical (unpaired) electrons. The van der Waals surface area contributed by atoms with Crippen molar-refractivity contribution in [2.24, 2.45) is 0 Å². The highest BCUT2D eigenvalue weighted by Gasteiger charge is 2.27. The van der Waals surface area contributed by atoms with Crippen LogP contribution in [0.1, 0.15) is 31.9 Å². The van der Waals surface area contributed by atoms with Crippen molar-refractivity contribution < 1.29 is 14.4 Å². The maximum absolute atomic E-state index is 11.8. The van der Waals surface area contributed by atoms with Gasteiger partial charge in [0.15, 0.2) is 0 Å². The van der Waals surface area contributed by atoms with E-state index in [1.165, 1.54) is 6.20 Å². The fourth-order valence-electron chi connectivity index (χ4n) is 2.32. The zero-order chi connectivity index (χ0) is 18.0. The standard InChI is InChI=1S/C18H20BN2O4/c1-18(2,3)21(23)9-8-13-4-7-17(20-11-13)25-15-5-6-16-14(10-15)12-24-19(16)22/h4-11,22H,12H2,1-3H3/q-1. The van der Waals surface area contributed by atoms with E-state index >= 15 is 0 Å². The molecule has 7 heteroatoms. The summed E-state index contributed by atoms with van der Waals surface area (Å²) in [4.78, 5) is 4.25. The van der Waals surface area contributed by atoms with E-state index in [0.29, 0.717) is 18.2 Å². The highest BCUT2D eigenvalue weighted by atomic mass is 16.5. The van der Waals surface area contributed by atoms with Gasteiger partial charge in [0.05, 0.1) is 6.61 Å². The molecule has 1 aliphatic heterocycles. The van der Waals surface area contributed by atoms with Crippen molar-refractivity contribution in [3.8, 4) is 11.6 Å². The van der Waals surface area contributed by atoms with E-state index in [4.69, 9.17) is 9.39 Å². The Morgan fingerprint density at radius 1 is 1.32 bits per heavy atom. The van der Waals surface area contributed by atoms with Crippen molar-refractivity contribution in [2.45, 2.75) is 32.9 Å². The second-order valence-corrected chi connectivity index (χ2v) is 6.87. The van der Waals surface area contributed by atoms with Gasteiger partial charge in [0.2, 0.25) is 5.88 Å². The molecule has 1 N–H and O–H groups in total. The molecule has 130 valence electrons. The summed E-state index contributed by atoms with van der Waals surface area (Å²) in [6.07, 6.45) is 4.84. The number of benzene rings is 1. The summed E-state index contributed by atoms with van der Waals surface area (Å²) >= 11 is 0. The summed E-state index contributed by atoms with van der Waals surface area (Å²) in [7, 11) is -0.859. The van der Waals surface area contributed by atoms with Gasteiger partial charge < -0.3 is 24.7 Å². The van der Waals surface area contributed by atoms with Crippen LogP contribution in [-0.2, 0) is 11.3 Å². The molecule has 2 heterocycles. The third-order valence-corrected chi connectivity index (χ3v) is 3.82. The number of rotatable bonds is 4. The summed E-state index contributed by atoms with van der Waals surface area (Å²) < 4.78 is 10.9. The van der Waals surface area contributed by atoms with E-state index in [9.17, 15) is 10.2 Å². The maximum Gasteiger partial charge on any atom is 0.491 e. The monoisotopic (exact) mass is 339 g/mol. The van der Waals surface area contributed by atoms with Crippen LogP contribution in [-0.4, -0.2) is 27.7 Å². The SMILES string of the molecule is CC(C)(C)N([O-])C=Cc1ccc(Oc2ccc3c(c2)COB3O)nc1. The molecule has 1 aromatic heterocycles. The second-order valence-electron chi connectivity index (χ2n) is 6.87. The summed E-state index contributed by atoms with van der Waals surface area (Å²) in [5.74, 6) is 1.08. The Morgan fingerprint density at radius 2 is 2.12 bits per heavy atom. The lowest BCUT2D eigenvalue weighted by atomic mass is 9.80. The quantitative estimate of drug-likeness (QED) is 0.682. The van der Waals surface area contributed by atoms with E-state index in [-0.39, 0.29) is 0 Å². The number of nitrogens with zero attached hydrogens (tertiary/aromatic N) is 2. The molecule has 6 nitrogen and oxygen atoms in total. The molecule has 0 atom stereocenters. The number of fused-ring (bicyclic) bond motifs is 1. The minimum atomic E-state index is -0.859. The average Bonchev–Trinajstić information content (AvgIpc) is 2.94. The summed E-state index contributed by atoms with van der Waals surface area (Å²) in [6, 6.07) is 8.96. The van der Waals surface area contributed by atoms with Crippen LogP contribution >= 0.6 is 0 Å². The number of hydrogen-bond donors (Lipinski definition) is 1. The van der Waals surface area contributed by atoms with Crippen molar-refractivity contribution >= 4 is 18.7 Å². The zero-order valence-corrected chi connectivity index (χ0v) is 14.5. The van der Waals surface area contributed by atoms with E-state index in [1.54, 1.807) is 30.5 Å². The number of pyridine rings is 1. The van der Waals surface area contributed by atoms with E-state index in [1.807, 2.05) is 32.9 Å². The molecule has 1 aliphatic rings. The van der Waals surface area contributed by atoms with Crippen LogP contribution in [0.5, 0.6) is 11.6 Å². The Labute approximate surface area is 147 Å². The van der Waals surface area contributed by atoms with Gasteiger partial charge in [-0.15, -0.1) is 0 Å². The number of hydroxylamine groups is 2. The van der Waals surface area contributed by atoms with Crippen LogP contribution in [0.3, 0.4) is 0 Å². The average molecular weight is 339 g/mol. The minimum absolute atomic E-state index is 0.365. The fraction of sp³-hybridized carbons (Fsp3) is 0.278. The number of ether oxygens (including phenoxy) is 1. The molecule has 0 aliphatic carbocycles. The summed E-state index contributed by atoms with van der Waals surface area (Å²) in [6.45, 7) is 5.91. The Kier molecular flexibility index (Phi) is 4.81. The fourth-order valence-corrected chi connectivity index (χ4v) is 2.32. The molecule has 1 aromatic carbocycles. The lowest BCUT2D eigenvalue weighted by Gasteiger charge is -2.40. The van der Waals surface area contributed by atoms with Crippen LogP contribution in [0.4, 0.5) is 0 Å². The zero-order valence-electron chi connectivity index (χ0n) is 14.5. The van der Waals surface area contributed by atoms with E-state index < -0.39 is 12.7 Å². The lowest BCUT2D eigenvalue weighted by molar-refractivity contribution is 0.275. The lowest BCUT2D eigenvalue weighted by Crippen LogP contribution is -2.31. The molecule has 0 bridgehead atoms. The molecule has 0 saturated carbocycles. The topological polar surface area (TPSA) is 77.9 Å². The van der Waals surface area contributed by atoms with Gasteiger partial charge in [-0.1, -0.05) is 6.07 Å². The number of hydrogen-bond acceptors (Lipinski definition) is 6. The first-order valence-electron chi connectivity index (χ1n) is 8.04. The highest BCUT2D eigenvalue weighted by Crippen LogP contribution is 2.22. The molecule has 25 heavy (non-hydrogen) atoms. The molecular formula is C18H20BN2O4-. The van der Waals surface area contributed by atoms with Gasteiger partial charge >= 0.3 is 7.12 Å². The van der Waals surface area contributed by atoms with Crippen LogP contribution in [0.25, 0.3) is 6.08 Å². The Balaban J connectivity index is 1.66. The van der Waals surface area contributed by atoms with Crippen molar-refractivity contribution in [1.29, 1.82) is 0 Å². The molecule has 0 unspecified atom stereocenters. The Hall–Kier alpha value is -2.35. The predicted molar refractivity (Wildman–Crippen MR) is 97.1 cm³/mol. The minimum Gasteiger partial charge on any atom is -0.758 e. The van der Waals surface area contributed by atoms with Gasteiger partial charge in [0.25, 0.3) is 0 Å². The first kappa shape index (κ1) is 17.5. The largest absolute Gasteiger partial charge is 0.758 e. The van der Waals surface area contributed by atoms with Gasteiger partial charge in [-0.3, -0.25) is 0 Å². The third kappa shape index (κ3) is 4.20. The van der Waals surface area contributed by atoms with Crippen LogP contribution < -0.4 is 10.2 Å². The summed E-state index contributed by atoms with van der Waals surface area (Å²) in [5.41, 5.74) is 2.00. The molecule has 3 rings (SSSR count). The number of aromatic nitrogens is 1. The molecule has 0 fully saturated rings. The Bertz CT molecular complexity index is 772. The molecule has 0 spiro atoms. The van der Waals surface area contributed by atoms with Crippen LogP contribution in [0, 0.1) is 5.21 Å². The van der Waals surface area contributed by atoms with Gasteiger partial charge in [0.1, 0.15) is 5.75 Å². The predicted octanol–water partition coefficient (Wildman–Crippen LogP) is 2.66. The first-order chi connectivity index (χ1) is 11.8. The second kappa shape index (κ2) is 6.88. The summed E-state index contributed by atoms with van der Waals surface area (Å²) in [5, 5.41) is 22.3. The maximum atomic E-state index is 11.8. The molecular weight excluding hydrogens is 319 g/mol. The van der Waals surface area contributed by atoms with E-state index in [0.717, 1.165) is 21.7 Å². The highest BCUT2D eigenvalue weighted by molar-refractivity contribution is 6.61. The third-order valence-electron chi connectivity index (χ3n) is 3.82. The van der Waals surface area contributed by atoms with Gasteiger partial charge in [0, 0.05) is 17.8 Å². The van der Waals surface area contributed by atoms with Gasteiger partial charge in [-0.05, 0) is 67.8 Å². The smallest absolute Gasteiger partial charge is 0.491 e. The van der Waals surface area contributed by atoms with Crippen molar-refractivity contribution in [2.75, 3.05) is 0 Å². The van der Waals surface area contributed by atoms with Gasteiger partial charge in [-0.2, -0.15) is 0 Å². The van der Waals surface area contributed by atoms with Gasteiger partial charge in [-0.25, -0.2) is 4.98 Å². The normalized spacial score (nSPS) is 14.0. The van der Waals surface area contributed by atoms with E-state index in [2.05, 4.69) is 4.98 Å². The van der Waals surface area contributed by atoms with Crippen LogP contribution in [0.2, 0.25) is 0 Å². The Morgan fingerprint density at radius 3 is 2.80 bits per heavy atom. The molecule has 0 amide bonds. The molecule has 2 aromatic rings. The van der Waals surface area contributed by atoms with Crippen LogP contribution in [0.15, 0.2) is 42.7 Å².